The minimum absolute atomic E-state index is 0.228. The molecule has 0 spiro atoms. The first-order valence-electron chi connectivity index (χ1n) is 9.66. The molecule has 0 saturated carbocycles. The third-order valence-corrected chi connectivity index (χ3v) is 3.64. The summed E-state index contributed by atoms with van der Waals surface area (Å²) in [7, 11) is 0. The smallest absolute Gasteiger partial charge is 0.338 e. The molecular formula is C20H30N2O6. The van der Waals surface area contributed by atoms with E-state index in [2.05, 4.69) is 17.6 Å². The molecule has 0 aliphatic rings. The van der Waals surface area contributed by atoms with E-state index in [0.717, 1.165) is 25.7 Å². The summed E-state index contributed by atoms with van der Waals surface area (Å²) in [6.45, 7) is 6.78. The zero-order chi connectivity index (χ0) is 20.8. The van der Waals surface area contributed by atoms with Crippen molar-refractivity contribution in [3.63, 3.8) is 0 Å². The summed E-state index contributed by atoms with van der Waals surface area (Å²) < 4.78 is 16.1. The molecule has 1 aromatic carbocycles. The Morgan fingerprint density at radius 1 is 0.964 bits per heavy atom. The Morgan fingerprint density at radius 2 is 1.71 bits per heavy atom. The number of carbonyl (C=O) groups is 3. The summed E-state index contributed by atoms with van der Waals surface area (Å²) in [5.41, 5.74) is 0.228. The molecule has 0 fully saturated rings. The molecule has 0 heterocycles. The average Bonchev–Trinajstić information content (AvgIpc) is 2.67. The Kier molecular flexibility index (Phi) is 11.1. The zero-order valence-electron chi connectivity index (χ0n) is 16.8. The maximum Gasteiger partial charge on any atom is 0.338 e. The van der Waals surface area contributed by atoms with E-state index < -0.39 is 24.5 Å². The fourth-order valence-electron chi connectivity index (χ4n) is 2.15. The summed E-state index contributed by atoms with van der Waals surface area (Å²) >= 11 is 0. The van der Waals surface area contributed by atoms with Crippen molar-refractivity contribution in [1.29, 1.82) is 0 Å². The first-order valence-corrected chi connectivity index (χ1v) is 9.66. The fraction of sp³-hybridized carbons (Fsp3) is 0.550. The Hall–Kier alpha value is -2.77. The normalized spacial score (nSPS) is 10.1. The molecule has 0 atom stereocenters. The number of benzene rings is 1. The van der Waals surface area contributed by atoms with Gasteiger partial charge in [0, 0.05) is 6.54 Å². The van der Waals surface area contributed by atoms with Gasteiger partial charge in [0.05, 0.1) is 18.8 Å². The topological polar surface area (TPSA) is 103 Å². The number of urea groups is 1. The highest BCUT2D eigenvalue weighted by Gasteiger charge is 2.15. The standard InChI is InChI=1S/C20H30N2O6/c1-4-7-11-21-20(25)22-18(23)14-28-19(24)15-9-10-16(27-12-8-5-2)17(13-15)26-6-3/h9-10,13H,4-8,11-12,14H2,1-3H3,(H2,21,22,23,25). The first-order chi connectivity index (χ1) is 13.5. The maximum absolute atomic E-state index is 12.2. The van der Waals surface area contributed by atoms with Gasteiger partial charge < -0.3 is 19.5 Å². The second kappa shape index (κ2) is 13.4. The number of amides is 3. The molecule has 0 aliphatic carbocycles. The van der Waals surface area contributed by atoms with Crippen LogP contribution < -0.4 is 20.1 Å². The summed E-state index contributed by atoms with van der Waals surface area (Å²) in [4.78, 5) is 35.4. The van der Waals surface area contributed by atoms with E-state index in [-0.39, 0.29) is 5.56 Å². The van der Waals surface area contributed by atoms with Crippen molar-refractivity contribution in [1.82, 2.24) is 10.6 Å². The van der Waals surface area contributed by atoms with E-state index in [1.165, 1.54) is 6.07 Å². The van der Waals surface area contributed by atoms with Gasteiger partial charge in [0.25, 0.3) is 5.91 Å². The van der Waals surface area contributed by atoms with E-state index in [0.29, 0.717) is 31.3 Å². The Labute approximate surface area is 165 Å². The number of hydrogen-bond acceptors (Lipinski definition) is 6. The van der Waals surface area contributed by atoms with Crippen LogP contribution in [-0.4, -0.2) is 44.3 Å². The lowest BCUT2D eigenvalue weighted by Gasteiger charge is -2.13. The molecule has 0 unspecified atom stereocenters. The largest absolute Gasteiger partial charge is 0.490 e. The fourth-order valence-corrected chi connectivity index (χ4v) is 2.15. The lowest BCUT2D eigenvalue weighted by atomic mass is 10.2. The van der Waals surface area contributed by atoms with Crippen molar-refractivity contribution < 1.29 is 28.6 Å². The minimum Gasteiger partial charge on any atom is -0.490 e. The number of unbranched alkanes of at least 4 members (excludes halogenated alkanes) is 2. The lowest BCUT2D eigenvalue weighted by molar-refractivity contribution is -0.123. The van der Waals surface area contributed by atoms with Crippen molar-refractivity contribution in [3.05, 3.63) is 23.8 Å². The average molecular weight is 394 g/mol. The van der Waals surface area contributed by atoms with Crippen LogP contribution in [0.15, 0.2) is 18.2 Å². The van der Waals surface area contributed by atoms with Crippen LogP contribution in [0.25, 0.3) is 0 Å². The van der Waals surface area contributed by atoms with Gasteiger partial charge in [0.15, 0.2) is 18.1 Å². The van der Waals surface area contributed by atoms with Gasteiger partial charge in [0.2, 0.25) is 0 Å². The number of imide groups is 1. The van der Waals surface area contributed by atoms with Gasteiger partial charge in [-0.3, -0.25) is 10.1 Å². The van der Waals surface area contributed by atoms with Crippen LogP contribution in [0.4, 0.5) is 4.79 Å². The van der Waals surface area contributed by atoms with Crippen molar-refractivity contribution >= 4 is 17.9 Å². The lowest BCUT2D eigenvalue weighted by Crippen LogP contribution is -2.41. The molecule has 0 aromatic heterocycles. The molecule has 3 amide bonds. The predicted octanol–water partition coefficient (Wildman–Crippen LogP) is 3.05. The van der Waals surface area contributed by atoms with Crippen molar-refractivity contribution in [3.8, 4) is 11.5 Å². The SMILES string of the molecule is CCCCNC(=O)NC(=O)COC(=O)c1ccc(OCCCC)c(OCC)c1. The van der Waals surface area contributed by atoms with Crippen LogP contribution in [0, 0.1) is 0 Å². The van der Waals surface area contributed by atoms with Gasteiger partial charge in [0.1, 0.15) is 0 Å². The van der Waals surface area contributed by atoms with Crippen LogP contribution in [0.2, 0.25) is 0 Å². The summed E-state index contributed by atoms with van der Waals surface area (Å²) in [6, 6.07) is 4.09. The summed E-state index contributed by atoms with van der Waals surface area (Å²) in [5.74, 6) is -0.407. The molecule has 1 rings (SSSR count). The molecule has 8 nitrogen and oxygen atoms in total. The number of carbonyl (C=O) groups excluding carboxylic acids is 3. The zero-order valence-corrected chi connectivity index (χ0v) is 16.8. The Balaban J connectivity index is 2.57. The molecule has 8 heteroatoms. The Morgan fingerprint density at radius 3 is 2.39 bits per heavy atom. The molecule has 0 radical (unpaired) electrons. The van der Waals surface area contributed by atoms with Crippen LogP contribution >= 0.6 is 0 Å². The van der Waals surface area contributed by atoms with Gasteiger partial charge in [-0.05, 0) is 38.0 Å². The minimum atomic E-state index is -0.702. The quantitative estimate of drug-likeness (QED) is 0.417. The van der Waals surface area contributed by atoms with Crippen LogP contribution in [0.5, 0.6) is 11.5 Å². The monoisotopic (exact) mass is 394 g/mol. The number of rotatable bonds is 12. The Bertz CT molecular complexity index is 648. The van der Waals surface area contributed by atoms with Gasteiger partial charge in [-0.25, -0.2) is 9.59 Å². The van der Waals surface area contributed by atoms with E-state index in [1.807, 2.05) is 13.8 Å². The van der Waals surface area contributed by atoms with Crippen LogP contribution in [0.1, 0.15) is 56.8 Å². The predicted molar refractivity (Wildman–Crippen MR) is 105 cm³/mol. The van der Waals surface area contributed by atoms with E-state index in [1.54, 1.807) is 12.1 Å². The van der Waals surface area contributed by atoms with E-state index in [4.69, 9.17) is 14.2 Å². The third-order valence-electron chi connectivity index (χ3n) is 3.64. The highest BCUT2D eigenvalue weighted by molar-refractivity contribution is 5.97. The van der Waals surface area contributed by atoms with Crippen molar-refractivity contribution in [2.24, 2.45) is 0 Å². The third kappa shape index (κ3) is 8.75. The molecule has 28 heavy (non-hydrogen) atoms. The first kappa shape index (κ1) is 23.3. The molecular weight excluding hydrogens is 364 g/mol. The van der Waals surface area contributed by atoms with E-state index >= 15 is 0 Å². The molecule has 0 aliphatic heterocycles. The van der Waals surface area contributed by atoms with Crippen LogP contribution in [0.3, 0.4) is 0 Å². The van der Waals surface area contributed by atoms with Gasteiger partial charge in [-0.15, -0.1) is 0 Å². The second-order valence-corrected chi connectivity index (χ2v) is 6.03. The number of hydrogen-bond donors (Lipinski definition) is 2. The second-order valence-electron chi connectivity index (χ2n) is 6.03. The molecule has 156 valence electrons. The molecule has 0 bridgehead atoms. The van der Waals surface area contributed by atoms with E-state index in [9.17, 15) is 14.4 Å². The molecule has 1 aromatic rings. The molecule has 0 saturated heterocycles. The van der Waals surface area contributed by atoms with Crippen molar-refractivity contribution in [2.45, 2.75) is 46.5 Å². The van der Waals surface area contributed by atoms with Gasteiger partial charge in [-0.2, -0.15) is 0 Å². The number of ether oxygens (including phenoxy) is 3. The highest BCUT2D eigenvalue weighted by atomic mass is 16.5. The summed E-state index contributed by atoms with van der Waals surface area (Å²) in [6.07, 6.45) is 3.67. The van der Waals surface area contributed by atoms with Gasteiger partial charge >= 0.3 is 12.0 Å². The molecule has 2 N–H and O–H groups in total. The number of esters is 1. The van der Waals surface area contributed by atoms with Crippen molar-refractivity contribution in [2.75, 3.05) is 26.4 Å². The maximum atomic E-state index is 12.2. The van der Waals surface area contributed by atoms with Crippen LogP contribution in [-0.2, 0) is 9.53 Å². The summed E-state index contributed by atoms with van der Waals surface area (Å²) in [5, 5.41) is 4.64. The van der Waals surface area contributed by atoms with Gasteiger partial charge in [-0.1, -0.05) is 26.7 Å². The highest BCUT2D eigenvalue weighted by Crippen LogP contribution is 2.29. The number of nitrogens with one attached hydrogen (secondary N) is 2.